The molecule has 0 radical (unpaired) electrons. The number of carbonyl (C=O) groups is 1. The molecule has 0 spiro atoms. The second kappa shape index (κ2) is 6.89. The van der Waals surface area contributed by atoms with Gasteiger partial charge in [0.25, 0.3) is 0 Å². The van der Waals surface area contributed by atoms with Crippen molar-refractivity contribution in [3.05, 3.63) is 0 Å². The number of rotatable bonds is 5. The van der Waals surface area contributed by atoms with E-state index in [0.29, 0.717) is 12.5 Å². The smallest absolute Gasteiger partial charge is 0.310 e. The average molecular weight is 227 g/mol. The molecule has 0 aromatic rings. The molecule has 0 bridgehead atoms. The lowest BCUT2D eigenvalue weighted by molar-refractivity contribution is -0.155. The summed E-state index contributed by atoms with van der Waals surface area (Å²) in [6.07, 6.45) is 6.71. The Morgan fingerprint density at radius 3 is 2.44 bits per heavy atom. The summed E-state index contributed by atoms with van der Waals surface area (Å²) >= 11 is 0. The van der Waals surface area contributed by atoms with Crippen molar-refractivity contribution in [1.29, 1.82) is 0 Å². The molecule has 94 valence electrons. The van der Waals surface area contributed by atoms with Crippen molar-refractivity contribution in [3.8, 4) is 0 Å². The lowest BCUT2D eigenvalue weighted by atomic mass is 9.95. The second-order valence-electron chi connectivity index (χ2n) is 5.26. The minimum Gasteiger partial charge on any atom is -0.462 e. The molecule has 1 fully saturated rings. The summed E-state index contributed by atoms with van der Waals surface area (Å²) in [5, 5.41) is 0. The zero-order valence-electron chi connectivity index (χ0n) is 10.6. The van der Waals surface area contributed by atoms with E-state index >= 15 is 0 Å². The molecule has 0 aromatic heterocycles. The summed E-state index contributed by atoms with van der Waals surface area (Å²) < 4.78 is 5.53. The molecule has 3 heteroatoms. The number of hydrogen-bond acceptors (Lipinski definition) is 3. The number of hydrogen-bond donors (Lipinski definition) is 1. The third-order valence-electron chi connectivity index (χ3n) is 3.21. The van der Waals surface area contributed by atoms with Gasteiger partial charge in [0.15, 0.2) is 0 Å². The Bertz CT molecular complexity index is 210. The van der Waals surface area contributed by atoms with E-state index in [1.165, 1.54) is 19.3 Å². The molecule has 0 amide bonds. The minimum absolute atomic E-state index is 0.0805. The normalized spacial score (nSPS) is 19.8. The van der Waals surface area contributed by atoms with Gasteiger partial charge in [-0.2, -0.15) is 0 Å². The van der Waals surface area contributed by atoms with Crippen LogP contribution in [0.1, 0.15) is 52.4 Å². The van der Waals surface area contributed by atoms with Gasteiger partial charge in [-0.05, 0) is 38.0 Å². The van der Waals surface area contributed by atoms with Crippen LogP contribution in [0.5, 0.6) is 0 Å². The van der Waals surface area contributed by atoms with Crippen LogP contribution >= 0.6 is 0 Å². The van der Waals surface area contributed by atoms with Gasteiger partial charge in [0.1, 0.15) is 6.10 Å². The first-order valence-corrected chi connectivity index (χ1v) is 6.54. The zero-order chi connectivity index (χ0) is 12.0. The van der Waals surface area contributed by atoms with Gasteiger partial charge in [-0.15, -0.1) is 0 Å². The standard InChI is InChI=1S/C13H25NO2/c1-10(2)8-11(9-14)13(15)16-12-6-4-3-5-7-12/h10-12H,3-9,14H2,1-2H3. The van der Waals surface area contributed by atoms with Crippen LogP contribution in [0.3, 0.4) is 0 Å². The first kappa shape index (κ1) is 13.5. The van der Waals surface area contributed by atoms with Gasteiger partial charge in [-0.3, -0.25) is 4.79 Å². The maximum absolute atomic E-state index is 11.9. The van der Waals surface area contributed by atoms with Gasteiger partial charge < -0.3 is 10.5 Å². The molecule has 0 aromatic carbocycles. The molecule has 0 heterocycles. The van der Waals surface area contributed by atoms with Crippen molar-refractivity contribution in [3.63, 3.8) is 0 Å². The molecular formula is C13H25NO2. The fourth-order valence-electron chi connectivity index (χ4n) is 2.30. The Morgan fingerprint density at radius 1 is 1.31 bits per heavy atom. The number of esters is 1. The molecule has 1 rings (SSSR count). The van der Waals surface area contributed by atoms with Crippen molar-refractivity contribution in [1.82, 2.24) is 0 Å². The maximum Gasteiger partial charge on any atom is 0.310 e. The highest BCUT2D eigenvalue weighted by molar-refractivity contribution is 5.72. The number of nitrogens with two attached hydrogens (primary N) is 1. The van der Waals surface area contributed by atoms with Gasteiger partial charge in [-0.25, -0.2) is 0 Å². The van der Waals surface area contributed by atoms with Crippen LogP contribution < -0.4 is 5.73 Å². The first-order chi connectivity index (χ1) is 7.63. The van der Waals surface area contributed by atoms with Gasteiger partial charge in [0.05, 0.1) is 5.92 Å². The lowest BCUT2D eigenvalue weighted by Gasteiger charge is -2.24. The Balaban J connectivity index is 2.35. The quantitative estimate of drug-likeness (QED) is 0.734. The number of ether oxygens (including phenoxy) is 1. The van der Waals surface area contributed by atoms with Crippen molar-refractivity contribution in [2.75, 3.05) is 6.54 Å². The van der Waals surface area contributed by atoms with Crippen molar-refractivity contribution >= 4 is 5.97 Å². The third kappa shape index (κ3) is 4.52. The Hall–Kier alpha value is -0.570. The van der Waals surface area contributed by atoms with Crippen LogP contribution in [0.2, 0.25) is 0 Å². The van der Waals surface area contributed by atoms with Gasteiger partial charge in [-0.1, -0.05) is 20.3 Å². The molecule has 1 saturated carbocycles. The first-order valence-electron chi connectivity index (χ1n) is 6.54. The highest BCUT2D eigenvalue weighted by atomic mass is 16.5. The summed E-state index contributed by atoms with van der Waals surface area (Å²) in [6, 6.07) is 0. The molecule has 1 unspecified atom stereocenters. The van der Waals surface area contributed by atoms with Crippen LogP contribution in [-0.2, 0) is 9.53 Å². The van der Waals surface area contributed by atoms with E-state index in [0.717, 1.165) is 19.3 Å². The van der Waals surface area contributed by atoms with Crippen LogP contribution in [0.4, 0.5) is 0 Å². The molecule has 0 aliphatic heterocycles. The summed E-state index contributed by atoms with van der Waals surface area (Å²) in [5.74, 6) is 0.303. The molecule has 0 saturated heterocycles. The highest BCUT2D eigenvalue weighted by Gasteiger charge is 2.24. The monoisotopic (exact) mass is 227 g/mol. The van der Waals surface area contributed by atoms with Crippen LogP contribution in [-0.4, -0.2) is 18.6 Å². The van der Waals surface area contributed by atoms with E-state index in [-0.39, 0.29) is 18.0 Å². The summed E-state index contributed by atoms with van der Waals surface area (Å²) in [6.45, 7) is 4.62. The van der Waals surface area contributed by atoms with E-state index in [4.69, 9.17) is 10.5 Å². The van der Waals surface area contributed by atoms with Gasteiger partial charge >= 0.3 is 5.97 Å². The zero-order valence-corrected chi connectivity index (χ0v) is 10.6. The molecular weight excluding hydrogens is 202 g/mol. The average Bonchev–Trinajstić information content (AvgIpc) is 2.26. The molecule has 1 atom stereocenters. The van der Waals surface area contributed by atoms with E-state index in [1.807, 2.05) is 0 Å². The Kier molecular flexibility index (Phi) is 5.81. The SMILES string of the molecule is CC(C)CC(CN)C(=O)OC1CCCCC1. The second-order valence-corrected chi connectivity index (χ2v) is 5.26. The molecule has 3 nitrogen and oxygen atoms in total. The Labute approximate surface area is 98.7 Å². The van der Waals surface area contributed by atoms with Crippen LogP contribution in [0.25, 0.3) is 0 Å². The van der Waals surface area contributed by atoms with Crippen LogP contribution in [0, 0.1) is 11.8 Å². The van der Waals surface area contributed by atoms with E-state index < -0.39 is 0 Å². The van der Waals surface area contributed by atoms with Crippen molar-refractivity contribution in [2.24, 2.45) is 17.6 Å². The summed E-state index contributed by atoms with van der Waals surface area (Å²) in [7, 11) is 0. The lowest BCUT2D eigenvalue weighted by Crippen LogP contribution is -2.31. The van der Waals surface area contributed by atoms with Gasteiger partial charge in [0.2, 0.25) is 0 Å². The predicted molar refractivity (Wildman–Crippen MR) is 65.0 cm³/mol. The highest BCUT2D eigenvalue weighted by Crippen LogP contribution is 2.22. The summed E-state index contributed by atoms with van der Waals surface area (Å²) in [5.41, 5.74) is 5.63. The van der Waals surface area contributed by atoms with Crippen molar-refractivity contribution < 1.29 is 9.53 Å². The van der Waals surface area contributed by atoms with E-state index in [9.17, 15) is 4.79 Å². The number of carbonyl (C=O) groups excluding carboxylic acids is 1. The minimum atomic E-state index is -0.109. The molecule has 1 aliphatic rings. The Morgan fingerprint density at radius 2 is 1.94 bits per heavy atom. The third-order valence-corrected chi connectivity index (χ3v) is 3.21. The predicted octanol–water partition coefficient (Wildman–Crippen LogP) is 2.48. The van der Waals surface area contributed by atoms with E-state index in [1.54, 1.807) is 0 Å². The summed E-state index contributed by atoms with van der Waals surface area (Å²) in [4.78, 5) is 11.9. The largest absolute Gasteiger partial charge is 0.462 e. The fraction of sp³-hybridized carbons (Fsp3) is 0.923. The fourth-order valence-corrected chi connectivity index (χ4v) is 2.30. The van der Waals surface area contributed by atoms with Crippen LogP contribution in [0.15, 0.2) is 0 Å². The molecule has 2 N–H and O–H groups in total. The molecule has 1 aliphatic carbocycles. The van der Waals surface area contributed by atoms with Crippen molar-refractivity contribution in [2.45, 2.75) is 58.5 Å². The van der Waals surface area contributed by atoms with E-state index in [2.05, 4.69) is 13.8 Å². The van der Waals surface area contributed by atoms with Gasteiger partial charge in [0, 0.05) is 6.54 Å². The topological polar surface area (TPSA) is 52.3 Å². The maximum atomic E-state index is 11.9. The molecule has 16 heavy (non-hydrogen) atoms.